The van der Waals surface area contributed by atoms with Crippen molar-refractivity contribution in [2.75, 3.05) is 31.2 Å². The lowest BCUT2D eigenvalue weighted by molar-refractivity contribution is -0.112. The Morgan fingerprint density at radius 1 is 1.21 bits per heavy atom. The molecule has 2 aromatic carbocycles. The van der Waals surface area contributed by atoms with E-state index in [1.807, 2.05) is 0 Å². The van der Waals surface area contributed by atoms with Gasteiger partial charge >= 0.3 is 0 Å². The van der Waals surface area contributed by atoms with E-state index in [9.17, 15) is 13.2 Å². The summed E-state index contributed by atoms with van der Waals surface area (Å²) in [5.74, 6) is 1.09. The number of sulfonamides is 1. The van der Waals surface area contributed by atoms with E-state index in [0.717, 1.165) is 0 Å². The van der Waals surface area contributed by atoms with E-state index < -0.39 is 16.1 Å². The van der Waals surface area contributed by atoms with Crippen molar-refractivity contribution in [1.29, 1.82) is 0 Å². The van der Waals surface area contributed by atoms with Crippen molar-refractivity contribution in [3.8, 4) is 11.5 Å². The fourth-order valence-corrected chi connectivity index (χ4v) is 5.49. The Kier molecular flexibility index (Phi) is 5.90. The van der Waals surface area contributed by atoms with Crippen LogP contribution in [0.25, 0.3) is 0 Å². The van der Waals surface area contributed by atoms with Crippen LogP contribution in [0.2, 0.25) is 0 Å². The molecule has 0 bridgehead atoms. The Labute approximate surface area is 164 Å². The van der Waals surface area contributed by atoms with Gasteiger partial charge in [-0.15, -0.1) is 0 Å². The third-order valence-corrected chi connectivity index (χ3v) is 6.72. The monoisotopic (exact) mass is 405 g/mol. The van der Waals surface area contributed by atoms with Crippen molar-refractivity contribution < 1.29 is 27.4 Å². The van der Waals surface area contributed by atoms with Crippen LogP contribution in [0.3, 0.4) is 0 Å². The minimum Gasteiger partial charge on any atom is -0.497 e. The van der Waals surface area contributed by atoms with Crippen LogP contribution >= 0.6 is 0 Å². The molecule has 0 aromatic heterocycles. The second-order valence-corrected chi connectivity index (χ2v) is 8.28. The number of rotatable bonds is 7. The fraction of sp³-hybridized carbons (Fsp3) is 0.350. The van der Waals surface area contributed by atoms with Gasteiger partial charge in [-0.3, -0.25) is 4.31 Å². The highest BCUT2D eigenvalue weighted by atomic mass is 32.2. The van der Waals surface area contributed by atoms with E-state index in [1.54, 1.807) is 57.4 Å². The number of carbonyl (C=O) groups is 1. The first-order valence-corrected chi connectivity index (χ1v) is 10.3. The Morgan fingerprint density at radius 2 is 1.89 bits per heavy atom. The summed E-state index contributed by atoms with van der Waals surface area (Å²) in [5, 5.41) is 0. The summed E-state index contributed by atoms with van der Waals surface area (Å²) in [5.41, 5.74) is 1.63. The number of anilines is 1. The molecule has 1 aliphatic heterocycles. The standard InChI is InChI=1S/C20H23NO6S/c1-14-10-17(25-3)11-15(2)20(14)28(23,24)21-16(12-26-9-8-22)13-27-19-7-5-4-6-18(19)21/h4-8,10-11,16H,9,12-13H2,1-3H3. The van der Waals surface area contributed by atoms with Crippen LogP contribution in [-0.4, -0.2) is 47.7 Å². The summed E-state index contributed by atoms with van der Waals surface area (Å²) in [4.78, 5) is 10.8. The van der Waals surface area contributed by atoms with Crippen LogP contribution in [0.1, 0.15) is 11.1 Å². The van der Waals surface area contributed by atoms with E-state index in [0.29, 0.717) is 34.6 Å². The van der Waals surface area contributed by atoms with Gasteiger partial charge in [-0.05, 0) is 49.2 Å². The number of aldehydes is 1. The zero-order valence-corrected chi connectivity index (χ0v) is 16.9. The molecule has 0 fully saturated rings. The number of hydrogen-bond acceptors (Lipinski definition) is 6. The SMILES string of the molecule is COc1cc(C)c(S(=O)(=O)N2c3ccccc3OCC2COCC=O)c(C)c1. The quantitative estimate of drug-likeness (QED) is 0.520. The molecule has 8 heteroatoms. The number of para-hydroxylation sites is 2. The Balaban J connectivity index is 2.12. The van der Waals surface area contributed by atoms with Gasteiger partial charge in [0.05, 0.1) is 24.3 Å². The number of methoxy groups -OCH3 is 1. The van der Waals surface area contributed by atoms with Gasteiger partial charge < -0.3 is 19.0 Å². The van der Waals surface area contributed by atoms with E-state index in [4.69, 9.17) is 14.2 Å². The topological polar surface area (TPSA) is 82.1 Å². The van der Waals surface area contributed by atoms with Gasteiger partial charge in [0.15, 0.2) is 0 Å². The maximum atomic E-state index is 13.7. The van der Waals surface area contributed by atoms with E-state index >= 15 is 0 Å². The van der Waals surface area contributed by atoms with Crippen LogP contribution in [0.4, 0.5) is 5.69 Å². The number of fused-ring (bicyclic) bond motifs is 1. The van der Waals surface area contributed by atoms with Crippen molar-refractivity contribution in [1.82, 2.24) is 0 Å². The predicted octanol–water partition coefficient (Wildman–Crippen LogP) is 2.48. The van der Waals surface area contributed by atoms with E-state index in [1.165, 1.54) is 4.31 Å². The molecule has 28 heavy (non-hydrogen) atoms. The maximum absolute atomic E-state index is 13.7. The van der Waals surface area contributed by atoms with Crippen molar-refractivity contribution in [2.45, 2.75) is 24.8 Å². The average molecular weight is 405 g/mol. The van der Waals surface area contributed by atoms with Gasteiger partial charge in [0.2, 0.25) is 0 Å². The lowest BCUT2D eigenvalue weighted by atomic mass is 10.1. The third-order valence-electron chi connectivity index (χ3n) is 4.55. The molecule has 0 radical (unpaired) electrons. The minimum atomic E-state index is -3.92. The molecule has 0 saturated heterocycles. The van der Waals surface area contributed by atoms with E-state index in [-0.39, 0.29) is 24.7 Å². The molecule has 0 aliphatic carbocycles. The van der Waals surface area contributed by atoms with Crippen molar-refractivity contribution in [3.63, 3.8) is 0 Å². The first-order chi connectivity index (χ1) is 13.4. The highest BCUT2D eigenvalue weighted by molar-refractivity contribution is 7.93. The number of nitrogens with zero attached hydrogens (tertiary/aromatic N) is 1. The molecule has 3 rings (SSSR count). The number of carbonyl (C=O) groups excluding carboxylic acids is 1. The summed E-state index contributed by atoms with van der Waals surface area (Å²) >= 11 is 0. The molecule has 1 atom stereocenters. The summed E-state index contributed by atoms with van der Waals surface area (Å²) in [7, 11) is -2.38. The summed E-state index contributed by atoms with van der Waals surface area (Å²) < 4.78 is 45.1. The number of aryl methyl sites for hydroxylation is 2. The molecule has 1 unspecified atom stereocenters. The zero-order chi connectivity index (χ0) is 20.3. The molecular weight excluding hydrogens is 382 g/mol. The van der Waals surface area contributed by atoms with Crippen LogP contribution in [-0.2, 0) is 19.6 Å². The number of benzene rings is 2. The second-order valence-electron chi connectivity index (χ2n) is 6.53. The van der Waals surface area contributed by atoms with Crippen molar-refractivity contribution >= 4 is 22.0 Å². The van der Waals surface area contributed by atoms with Gasteiger partial charge in [0, 0.05) is 0 Å². The maximum Gasteiger partial charge on any atom is 0.265 e. The van der Waals surface area contributed by atoms with Gasteiger partial charge in [-0.2, -0.15) is 0 Å². The largest absolute Gasteiger partial charge is 0.497 e. The summed E-state index contributed by atoms with van der Waals surface area (Å²) in [6, 6.07) is 9.78. The Hall–Kier alpha value is -2.58. The second kappa shape index (κ2) is 8.20. The van der Waals surface area contributed by atoms with Crippen molar-refractivity contribution in [2.24, 2.45) is 0 Å². The molecule has 1 aliphatic rings. The van der Waals surface area contributed by atoms with Crippen LogP contribution in [0.5, 0.6) is 11.5 Å². The molecule has 7 nitrogen and oxygen atoms in total. The van der Waals surface area contributed by atoms with Crippen LogP contribution < -0.4 is 13.8 Å². The van der Waals surface area contributed by atoms with Crippen LogP contribution in [0, 0.1) is 13.8 Å². The highest BCUT2D eigenvalue weighted by Gasteiger charge is 2.38. The molecule has 2 aromatic rings. The molecular formula is C20H23NO6S. The van der Waals surface area contributed by atoms with Gasteiger partial charge in [-0.1, -0.05) is 12.1 Å². The fourth-order valence-electron chi connectivity index (χ4n) is 3.44. The van der Waals surface area contributed by atoms with Crippen molar-refractivity contribution in [3.05, 3.63) is 47.5 Å². The lowest BCUT2D eigenvalue weighted by Gasteiger charge is -2.37. The Bertz CT molecular complexity index is 949. The zero-order valence-electron chi connectivity index (χ0n) is 16.0. The smallest absolute Gasteiger partial charge is 0.265 e. The van der Waals surface area contributed by atoms with Crippen LogP contribution in [0.15, 0.2) is 41.3 Å². The highest BCUT2D eigenvalue weighted by Crippen LogP contribution is 2.39. The van der Waals surface area contributed by atoms with E-state index in [2.05, 4.69) is 0 Å². The number of hydrogen-bond donors (Lipinski definition) is 0. The third kappa shape index (κ3) is 3.70. The summed E-state index contributed by atoms with van der Waals surface area (Å²) in [6.07, 6.45) is 0.633. The molecule has 0 spiro atoms. The number of ether oxygens (including phenoxy) is 3. The lowest BCUT2D eigenvalue weighted by Crippen LogP contribution is -2.49. The molecule has 0 amide bonds. The van der Waals surface area contributed by atoms with Gasteiger partial charge in [0.1, 0.15) is 37.0 Å². The normalized spacial score (nSPS) is 16.2. The first-order valence-electron chi connectivity index (χ1n) is 8.83. The van der Waals surface area contributed by atoms with Gasteiger partial charge in [0.25, 0.3) is 10.0 Å². The molecule has 150 valence electrons. The predicted molar refractivity (Wildman–Crippen MR) is 105 cm³/mol. The average Bonchev–Trinajstić information content (AvgIpc) is 2.66. The summed E-state index contributed by atoms with van der Waals surface area (Å²) in [6.45, 7) is 3.55. The molecule has 0 saturated carbocycles. The minimum absolute atomic E-state index is 0.0422. The van der Waals surface area contributed by atoms with Gasteiger partial charge in [-0.25, -0.2) is 8.42 Å². The molecule has 0 N–H and O–H groups in total. The molecule has 1 heterocycles. The first kappa shape index (κ1) is 20.2. The Morgan fingerprint density at radius 3 is 2.54 bits per heavy atom.